The standard InChI is InChI=1S/C32H33N3O5/c1-20-29(21(2)35(34-20)18-22-15-17-38-19-22)27-12-6-11-25-26(31(33-30(25)27)40-32(36)37)13-7-16-39-28-14-5-9-23-8-3-4-10-24(23)28/h3-6,8-12,14,22,33H,7,13,15-19H2,1-2H3,(H,36,37). The summed E-state index contributed by atoms with van der Waals surface area (Å²) < 4.78 is 19.0. The molecule has 1 saturated heterocycles. The van der Waals surface area contributed by atoms with E-state index in [4.69, 9.17) is 19.3 Å². The number of carbonyl (C=O) groups is 1. The molecule has 5 aromatic rings. The van der Waals surface area contributed by atoms with Gasteiger partial charge in [-0.2, -0.15) is 5.10 Å². The maximum Gasteiger partial charge on any atom is 0.512 e. The van der Waals surface area contributed by atoms with Crippen molar-refractivity contribution < 1.29 is 24.1 Å². The second-order valence-corrected chi connectivity index (χ2v) is 10.4. The van der Waals surface area contributed by atoms with Crippen molar-refractivity contribution in [3.05, 3.63) is 77.6 Å². The molecule has 8 heteroatoms. The molecule has 1 unspecified atom stereocenters. The third kappa shape index (κ3) is 5.02. The highest BCUT2D eigenvalue weighted by Crippen LogP contribution is 2.38. The van der Waals surface area contributed by atoms with E-state index in [9.17, 15) is 9.90 Å². The van der Waals surface area contributed by atoms with E-state index >= 15 is 0 Å². The van der Waals surface area contributed by atoms with Crippen LogP contribution in [0, 0.1) is 19.8 Å². The Morgan fingerprint density at radius 2 is 1.90 bits per heavy atom. The molecule has 1 fully saturated rings. The van der Waals surface area contributed by atoms with Gasteiger partial charge in [0, 0.05) is 52.2 Å². The number of ether oxygens (including phenoxy) is 3. The number of carboxylic acid groups (broad SMARTS) is 1. The number of hydrogen-bond acceptors (Lipinski definition) is 5. The van der Waals surface area contributed by atoms with Crippen LogP contribution in [0.2, 0.25) is 0 Å². The molecule has 3 heterocycles. The van der Waals surface area contributed by atoms with Crippen LogP contribution >= 0.6 is 0 Å². The third-order valence-electron chi connectivity index (χ3n) is 7.78. The van der Waals surface area contributed by atoms with Gasteiger partial charge in [-0.25, -0.2) is 4.79 Å². The van der Waals surface area contributed by atoms with Gasteiger partial charge in [-0.3, -0.25) is 4.68 Å². The van der Waals surface area contributed by atoms with E-state index in [1.165, 1.54) is 0 Å². The summed E-state index contributed by atoms with van der Waals surface area (Å²) in [6.07, 6.45) is 0.981. The molecular weight excluding hydrogens is 506 g/mol. The van der Waals surface area contributed by atoms with Gasteiger partial charge in [-0.1, -0.05) is 54.6 Å². The number of nitrogens with zero attached hydrogens (tertiary/aromatic N) is 2. The van der Waals surface area contributed by atoms with Gasteiger partial charge in [0.25, 0.3) is 0 Å². The molecule has 0 spiro atoms. The fourth-order valence-electron chi connectivity index (χ4n) is 5.87. The van der Waals surface area contributed by atoms with Crippen molar-refractivity contribution in [2.45, 2.75) is 39.7 Å². The first-order chi connectivity index (χ1) is 19.5. The summed E-state index contributed by atoms with van der Waals surface area (Å²) in [6.45, 7) is 6.99. The number of rotatable bonds is 9. The Morgan fingerprint density at radius 1 is 1.10 bits per heavy atom. The first kappa shape index (κ1) is 26.0. The maximum atomic E-state index is 11.6. The van der Waals surface area contributed by atoms with E-state index in [0.717, 1.165) is 81.7 Å². The van der Waals surface area contributed by atoms with Crippen molar-refractivity contribution in [3.8, 4) is 22.8 Å². The zero-order chi connectivity index (χ0) is 27.6. The van der Waals surface area contributed by atoms with Crippen molar-refractivity contribution in [2.75, 3.05) is 19.8 Å². The quantitative estimate of drug-likeness (QED) is 0.156. The molecule has 8 nitrogen and oxygen atoms in total. The largest absolute Gasteiger partial charge is 0.512 e. The maximum absolute atomic E-state index is 11.6. The summed E-state index contributed by atoms with van der Waals surface area (Å²) in [4.78, 5) is 14.9. The van der Waals surface area contributed by atoms with Crippen molar-refractivity contribution >= 4 is 27.8 Å². The Balaban J connectivity index is 1.28. The van der Waals surface area contributed by atoms with Gasteiger partial charge in [0.2, 0.25) is 5.88 Å². The van der Waals surface area contributed by atoms with Crippen LogP contribution < -0.4 is 9.47 Å². The van der Waals surface area contributed by atoms with Crippen molar-refractivity contribution in [2.24, 2.45) is 5.92 Å². The van der Waals surface area contributed by atoms with Crippen LogP contribution in [0.5, 0.6) is 11.6 Å². The molecule has 2 N–H and O–H groups in total. The van der Waals surface area contributed by atoms with Gasteiger partial charge in [0.1, 0.15) is 5.75 Å². The number of para-hydroxylation sites is 1. The van der Waals surface area contributed by atoms with E-state index in [1.807, 2.05) is 43.3 Å². The molecule has 0 aliphatic carbocycles. The van der Waals surface area contributed by atoms with E-state index in [2.05, 4.69) is 40.9 Å². The normalized spacial score (nSPS) is 15.2. The molecule has 3 aromatic carbocycles. The Hall–Kier alpha value is -4.30. The second kappa shape index (κ2) is 11.1. The summed E-state index contributed by atoms with van der Waals surface area (Å²) in [5.74, 6) is 1.56. The van der Waals surface area contributed by atoms with Crippen LogP contribution in [0.4, 0.5) is 4.79 Å². The molecule has 40 heavy (non-hydrogen) atoms. The zero-order valence-electron chi connectivity index (χ0n) is 22.8. The van der Waals surface area contributed by atoms with Crippen LogP contribution in [-0.4, -0.2) is 45.8 Å². The third-order valence-corrected chi connectivity index (χ3v) is 7.78. The molecule has 0 saturated carbocycles. The van der Waals surface area contributed by atoms with Gasteiger partial charge >= 0.3 is 6.16 Å². The number of aromatic nitrogens is 3. The SMILES string of the molecule is Cc1nn(CC2CCOC2)c(C)c1-c1cccc2c(CCCOc3cccc4ccccc34)c(OC(=O)O)[nH]c12. The van der Waals surface area contributed by atoms with Crippen LogP contribution in [0.25, 0.3) is 32.8 Å². The summed E-state index contributed by atoms with van der Waals surface area (Å²) in [7, 11) is 0. The second-order valence-electron chi connectivity index (χ2n) is 10.4. The molecule has 6 rings (SSSR count). The zero-order valence-corrected chi connectivity index (χ0v) is 22.8. The first-order valence-corrected chi connectivity index (χ1v) is 13.8. The minimum atomic E-state index is -1.35. The fourth-order valence-corrected chi connectivity index (χ4v) is 5.87. The van der Waals surface area contributed by atoms with Crippen LogP contribution in [0.15, 0.2) is 60.7 Å². The predicted molar refractivity (Wildman–Crippen MR) is 154 cm³/mol. The molecule has 0 radical (unpaired) electrons. The van der Waals surface area contributed by atoms with Crippen molar-refractivity contribution in [1.29, 1.82) is 0 Å². The topological polar surface area (TPSA) is 98.6 Å². The Bertz CT molecular complexity index is 1670. The molecule has 1 aliphatic heterocycles. The van der Waals surface area contributed by atoms with Crippen LogP contribution in [0.3, 0.4) is 0 Å². The minimum Gasteiger partial charge on any atom is -0.493 e. The number of aryl methyl sites for hydroxylation is 2. The first-order valence-electron chi connectivity index (χ1n) is 13.8. The lowest BCUT2D eigenvalue weighted by Gasteiger charge is -2.10. The van der Waals surface area contributed by atoms with E-state index in [0.29, 0.717) is 25.4 Å². The van der Waals surface area contributed by atoms with Gasteiger partial charge in [0.05, 0.1) is 24.4 Å². The molecule has 0 amide bonds. The number of fused-ring (bicyclic) bond motifs is 2. The van der Waals surface area contributed by atoms with Crippen LogP contribution in [0.1, 0.15) is 29.8 Å². The average molecular weight is 540 g/mol. The highest BCUT2D eigenvalue weighted by Gasteiger charge is 2.23. The smallest absolute Gasteiger partial charge is 0.493 e. The molecule has 206 valence electrons. The average Bonchev–Trinajstić information content (AvgIpc) is 3.65. The molecule has 0 bridgehead atoms. The monoisotopic (exact) mass is 539 g/mol. The number of nitrogens with one attached hydrogen (secondary N) is 1. The Kier molecular flexibility index (Phi) is 7.17. The van der Waals surface area contributed by atoms with E-state index in [1.54, 1.807) is 0 Å². The molecule has 2 aromatic heterocycles. The highest BCUT2D eigenvalue weighted by atomic mass is 16.7. The lowest BCUT2D eigenvalue weighted by molar-refractivity contribution is 0.142. The summed E-state index contributed by atoms with van der Waals surface area (Å²) in [5, 5.41) is 17.5. The van der Waals surface area contributed by atoms with E-state index < -0.39 is 6.16 Å². The van der Waals surface area contributed by atoms with Gasteiger partial charge in [-0.05, 0) is 44.6 Å². The van der Waals surface area contributed by atoms with E-state index in [-0.39, 0.29) is 5.88 Å². The number of H-pyrrole nitrogens is 1. The predicted octanol–water partition coefficient (Wildman–Crippen LogP) is 6.91. The van der Waals surface area contributed by atoms with Crippen LogP contribution in [-0.2, 0) is 17.7 Å². The van der Waals surface area contributed by atoms with Gasteiger partial charge in [0.15, 0.2) is 0 Å². The molecule has 1 aliphatic rings. The minimum absolute atomic E-state index is 0.255. The Labute approximate surface area is 232 Å². The highest BCUT2D eigenvalue weighted by molar-refractivity contribution is 5.99. The Morgan fingerprint density at radius 3 is 2.73 bits per heavy atom. The van der Waals surface area contributed by atoms with Gasteiger partial charge < -0.3 is 24.3 Å². The summed E-state index contributed by atoms with van der Waals surface area (Å²) >= 11 is 0. The summed E-state index contributed by atoms with van der Waals surface area (Å²) in [6, 6.07) is 20.2. The number of hydrogen-bond donors (Lipinski definition) is 2. The molecule has 1 atom stereocenters. The van der Waals surface area contributed by atoms with Crippen molar-refractivity contribution in [3.63, 3.8) is 0 Å². The lowest BCUT2D eigenvalue weighted by Crippen LogP contribution is -2.13. The van der Waals surface area contributed by atoms with Gasteiger partial charge in [-0.15, -0.1) is 0 Å². The number of benzene rings is 3. The fraction of sp³-hybridized carbons (Fsp3) is 0.312. The number of aromatic amines is 1. The van der Waals surface area contributed by atoms with Crippen molar-refractivity contribution in [1.82, 2.24) is 14.8 Å². The lowest BCUT2D eigenvalue weighted by atomic mass is 9.99. The summed E-state index contributed by atoms with van der Waals surface area (Å²) in [5.41, 5.74) is 5.72. The molecular formula is C32H33N3O5.